The number of carbonyl (C=O) groups is 1. The van der Waals surface area contributed by atoms with Gasteiger partial charge in [0.05, 0.1) is 0 Å². The molecule has 0 heterocycles. The second-order valence-electron chi connectivity index (χ2n) is 5.93. The number of rotatable bonds is 5. The maximum Gasteiger partial charge on any atom is 0.259 e. The monoisotopic (exact) mass is 342 g/mol. The second kappa shape index (κ2) is 7.09. The van der Waals surface area contributed by atoms with E-state index in [1.165, 1.54) is 4.90 Å². The number of carbonyl (C=O) groups excluding carboxylic acids is 1. The minimum atomic E-state index is -0.0531. The number of amides is 1. The number of hydrogen-bond donors (Lipinski definition) is 1. The largest absolute Gasteiger partial charge is 0.483 e. The van der Waals surface area contributed by atoms with Gasteiger partial charge < -0.3 is 15.0 Å². The Morgan fingerprint density at radius 2 is 2.00 bits per heavy atom. The van der Waals surface area contributed by atoms with Crippen molar-refractivity contribution in [2.45, 2.75) is 32.9 Å². The van der Waals surface area contributed by atoms with Crippen molar-refractivity contribution in [3.63, 3.8) is 0 Å². The number of benzene rings is 1. The van der Waals surface area contributed by atoms with E-state index in [1.807, 2.05) is 18.2 Å². The average molecular weight is 343 g/mol. The highest BCUT2D eigenvalue weighted by Gasteiger charge is 2.13. The molecule has 0 saturated heterocycles. The molecule has 0 fully saturated rings. The van der Waals surface area contributed by atoms with Gasteiger partial charge in [-0.25, -0.2) is 0 Å². The van der Waals surface area contributed by atoms with Crippen LogP contribution in [-0.2, 0) is 11.3 Å². The zero-order chi connectivity index (χ0) is 15.3. The summed E-state index contributed by atoms with van der Waals surface area (Å²) in [6.07, 6.45) is 0. The van der Waals surface area contributed by atoms with E-state index in [1.54, 1.807) is 14.1 Å². The Balaban J connectivity index is 2.77. The van der Waals surface area contributed by atoms with Gasteiger partial charge in [0.25, 0.3) is 5.91 Å². The fourth-order valence-electron chi connectivity index (χ4n) is 1.46. The molecule has 0 radical (unpaired) electrons. The first kappa shape index (κ1) is 17.0. The van der Waals surface area contributed by atoms with E-state index in [0.717, 1.165) is 15.8 Å². The van der Waals surface area contributed by atoms with Gasteiger partial charge in [0, 0.05) is 36.2 Å². The number of halogens is 1. The second-order valence-corrected chi connectivity index (χ2v) is 6.85. The fraction of sp³-hybridized carbons (Fsp3) is 0.533. The molecule has 1 rings (SSSR count). The van der Waals surface area contributed by atoms with Crippen LogP contribution in [0.4, 0.5) is 0 Å². The van der Waals surface area contributed by atoms with E-state index in [0.29, 0.717) is 6.54 Å². The van der Waals surface area contributed by atoms with Gasteiger partial charge in [-0.3, -0.25) is 4.79 Å². The van der Waals surface area contributed by atoms with E-state index in [2.05, 4.69) is 42.0 Å². The minimum absolute atomic E-state index is 0.0268. The molecule has 112 valence electrons. The highest BCUT2D eigenvalue weighted by molar-refractivity contribution is 9.10. The van der Waals surface area contributed by atoms with Gasteiger partial charge in [0.2, 0.25) is 0 Å². The van der Waals surface area contributed by atoms with Crippen molar-refractivity contribution in [1.82, 2.24) is 10.2 Å². The van der Waals surface area contributed by atoms with Crippen molar-refractivity contribution in [1.29, 1.82) is 0 Å². The molecule has 0 aromatic heterocycles. The molecule has 0 bridgehead atoms. The molecule has 1 aromatic rings. The van der Waals surface area contributed by atoms with Crippen LogP contribution in [0.5, 0.6) is 5.75 Å². The lowest BCUT2D eigenvalue weighted by molar-refractivity contribution is -0.130. The third-order valence-corrected chi connectivity index (χ3v) is 3.17. The summed E-state index contributed by atoms with van der Waals surface area (Å²) in [6, 6.07) is 5.80. The molecule has 4 nitrogen and oxygen atoms in total. The van der Waals surface area contributed by atoms with E-state index < -0.39 is 0 Å². The van der Waals surface area contributed by atoms with Crippen LogP contribution in [0.1, 0.15) is 26.3 Å². The highest BCUT2D eigenvalue weighted by Crippen LogP contribution is 2.24. The predicted octanol–water partition coefficient (Wildman–Crippen LogP) is 2.80. The van der Waals surface area contributed by atoms with Crippen LogP contribution in [0.3, 0.4) is 0 Å². The van der Waals surface area contributed by atoms with Gasteiger partial charge in [-0.2, -0.15) is 0 Å². The van der Waals surface area contributed by atoms with Gasteiger partial charge in [-0.05, 0) is 39.0 Å². The van der Waals surface area contributed by atoms with Gasteiger partial charge in [0.1, 0.15) is 5.75 Å². The SMILES string of the molecule is CN(C)C(=O)COc1ccc(Br)cc1CNC(C)(C)C. The van der Waals surface area contributed by atoms with Crippen molar-refractivity contribution < 1.29 is 9.53 Å². The third kappa shape index (κ3) is 5.92. The van der Waals surface area contributed by atoms with E-state index in [-0.39, 0.29) is 18.1 Å². The molecule has 0 aliphatic rings. The summed E-state index contributed by atoms with van der Waals surface area (Å²) >= 11 is 3.46. The van der Waals surface area contributed by atoms with Gasteiger partial charge in [-0.15, -0.1) is 0 Å². The van der Waals surface area contributed by atoms with Gasteiger partial charge >= 0.3 is 0 Å². The van der Waals surface area contributed by atoms with Crippen LogP contribution >= 0.6 is 15.9 Å². The molecular formula is C15H23BrN2O2. The molecule has 1 amide bonds. The summed E-state index contributed by atoms with van der Waals surface area (Å²) in [5, 5.41) is 3.42. The first-order valence-electron chi connectivity index (χ1n) is 6.55. The van der Waals surface area contributed by atoms with Crippen LogP contribution in [0.2, 0.25) is 0 Å². The number of hydrogen-bond acceptors (Lipinski definition) is 3. The molecule has 5 heteroatoms. The van der Waals surface area contributed by atoms with Crippen LogP contribution < -0.4 is 10.1 Å². The topological polar surface area (TPSA) is 41.6 Å². The lowest BCUT2D eigenvalue weighted by Gasteiger charge is -2.22. The summed E-state index contributed by atoms with van der Waals surface area (Å²) in [4.78, 5) is 13.1. The minimum Gasteiger partial charge on any atom is -0.483 e. The summed E-state index contributed by atoms with van der Waals surface area (Å²) < 4.78 is 6.62. The van der Waals surface area contributed by atoms with Crippen molar-refractivity contribution in [2.75, 3.05) is 20.7 Å². The smallest absolute Gasteiger partial charge is 0.259 e. The number of likely N-dealkylation sites (N-methyl/N-ethyl adjacent to an activating group) is 1. The van der Waals surface area contributed by atoms with Crippen LogP contribution in [0.15, 0.2) is 22.7 Å². The quantitative estimate of drug-likeness (QED) is 0.894. The Morgan fingerprint density at radius 3 is 2.55 bits per heavy atom. The molecule has 0 aliphatic heterocycles. The Hall–Kier alpha value is -1.07. The normalized spacial score (nSPS) is 11.3. The Morgan fingerprint density at radius 1 is 1.35 bits per heavy atom. The van der Waals surface area contributed by atoms with E-state index in [9.17, 15) is 4.79 Å². The zero-order valence-corrected chi connectivity index (χ0v) is 14.4. The third-order valence-electron chi connectivity index (χ3n) is 2.68. The number of nitrogens with one attached hydrogen (secondary N) is 1. The average Bonchev–Trinajstić information content (AvgIpc) is 2.33. The number of ether oxygens (including phenoxy) is 1. The van der Waals surface area contributed by atoms with Crippen LogP contribution in [-0.4, -0.2) is 37.0 Å². The lowest BCUT2D eigenvalue weighted by atomic mass is 10.1. The molecule has 0 saturated carbocycles. The summed E-state index contributed by atoms with van der Waals surface area (Å²) in [5.74, 6) is 0.683. The maximum atomic E-state index is 11.6. The Labute approximate surface area is 129 Å². The summed E-state index contributed by atoms with van der Waals surface area (Å²) in [5.41, 5.74) is 1.06. The van der Waals surface area contributed by atoms with Crippen LogP contribution in [0, 0.1) is 0 Å². The van der Waals surface area contributed by atoms with E-state index in [4.69, 9.17) is 4.74 Å². The predicted molar refractivity (Wildman–Crippen MR) is 84.9 cm³/mol. The number of nitrogens with zero attached hydrogens (tertiary/aromatic N) is 1. The summed E-state index contributed by atoms with van der Waals surface area (Å²) in [6.45, 7) is 7.08. The maximum absolute atomic E-state index is 11.6. The molecule has 0 unspecified atom stereocenters. The fourth-order valence-corrected chi connectivity index (χ4v) is 1.86. The van der Waals surface area contributed by atoms with Crippen molar-refractivity contribution in [2.24, 2.45) is 0 Å². The molecule has 20 heavy (non-hydrogen) atoms. The highest BCUT2D eigenvalue weighted by atomic mass is 79.9. The lowest BCUT2D eigenvalue weighted by Crippen LogP contribution is -2.35. The van der Waals surface area contributed by atoms with Crippen molar-refractivity contribution in [3.05, 3.63) is 28.2 Å². The van der Waals surface area contributed by atoms with Gasteiger partial charge in [-0.1, -0.05) is 15.9 Å². The first-order valence-corrected chi connectivity index (χ1v) is 7.35. The van der Waals surface area contributed by atoms with E-state index >= 15 is 0 Å². The molecular weight excluding hydrogens is 320 g/mol. The molecule has 0 aliphatic carbocycles. The molecule has 0 atom stereocenters. The standard InChI is InChI=1S/C15H23BrN2O2/c1-15(2,3)17-9-11-8-12(16)6-7-13(11)20-10-14(19)18(4)5/h6-8,17H,9-10H2,1-5H3. The van der Waals surface area contributed by atoms with Crippen LogP contribution in [0.25, 0.3) is 0 Å². The molecule has 1 aromatic carbocycles. The molecule has 1 N–H and O–H groups in total. The van der Waals surface area contributed by atoms with Gasteiger partial charge in [0.15, 0.2) is 6.61 Å². The Kier molecular flexibility index (Phi) is 6.02. The summed E-state index contributed by atoms with van der Waals surface area (Å²) in [7, 11) is 3.44. The molecule has 0 spiro atoms. The van der Waals surface area contributed by atoms with Crippen molar-refractivity contribution >= 4 is 21.8 Å². The first-order chi connectivity index (χ1) is 9.19. The zero-order valence-electron chi connectivity index (χ0n) is 12.8. The Bertz CT molecular complexity index is 467. The van der Waals surface area contributed by atoms with Crippen molar-refractivity contribution in [3.8, 4) is 5.75 Å².